The van der Waals surface area contributed by atoms with E-state index in [4.69, 9.17) is 37.4 Å². The van der Waals surface area contributed by atoms with Gasteiger partial charge >= 0.3 is 0 Å². The molecule has 1 aliphatic heterocycles. The van der Waals surface area contributed by atoms with Gasteiger partial charge in [0.1, 0.15) is 17.3 Å². The first-order valence-corrected chi connectivity index (χ1v) is 11.5. The molecule has 0 bridgehead atoms. The Morgan fingerprint density at radius 2 is 1.94 bits per heavy atom. The highest BCUT2D eigenvalue weighted by atomic mass is 35.5. The van der Waals surface area contributed by atoms with Crippen molar-refractivity contribution in [1.29, 1.82) is 0 Å². The van der Waals surface area contributed by atoms with Crippen molar-refractivity contribution in [2.75, 3.05) is 32.8 Å². The van der Waals surface area contributed by atoms with Crippen LogP contribution in [0.2, 0.25) is 10.0 Å². The number of aromatic nitrogens is 2. The molecular weight excluding hydrogens is 498 g/mol. The molecule has 3 aromatic rings. The van der Waals surface area contributed by atoms with Crippen LogP contribution in [0.15, 0.2) is 37.1 Å². The van der Waals surface area contributed by atoms with Crippen molar-refractivity contribution in [1.82, 2.24) is 15.3 Å². The summed E-state index contributed by atoms with van der Waals surface area (Å²) in [6, 6.07) is 4.26. The topological polar surface area (TPSA) is 94.6 Å². The number of benzene rings is 2. The van der Waals surface area contributed by atoms with E-state index >= 15 is 4.39 Å². The predicted molar refractivity (Wildman–Crippen MR) is 133 cm³/mol. The molecule has 1 aromatic heterocycles. The van der Waals surface area contributed by atoms with Crippen LogP contribution in [-0.4, -0.2) is 55.4 Å². The van der Waals surface area contributed by atoms with Gasteiger partial charge in [0.2, 0.25) is 11.9 Å². The molecule has 0 spiro atoms. The summed E-state index contributed by atoms with van der Waals surface area (Å²) in [7, 11) is 2.89. The van der Waals surface area contributed by atoms with Crippen LogP contribution in [0, 0.1) is 5.82 Å². The van der Waals surface area contributed by atoms with Crippen molar-refractivity contribution in [3.8, 4) is 22.6 Å². The first-order valence-electron chi connectivity index (χ1n) is 10.7. The standard InChI is InChI=1S/C24H23Cl2FN4O4/c1-4-19(32)29-15-7-8-35-11-16(15)31-24-28-10-13-14(30-24)6-5-12(23(13)27)20-21(25)17(33-2)9-18(34-3)22(20)26/h4-6,9-10,15-16H,1,7-8,11H2,2-3H3,(H,29,32)(H,28,30,31). The molecule has 4 rings (SSSR count). The maximum Gasteiger partial charge on any atom is 0.243 e. The van der Waals surface area contributed by atoms with Crippen LogP contribution >= 0.6 is 23.2 Å². The van der Waals surface area contributed by atoms with E-state index in [9.17, 15) is 4.79 Å². The number of hydrogen-bond donors (Lipinski definition) is 2. The fourth-order valence-corrected chi connectivity index (χ4v) is 4.62. The highest BCUT2D eigenvalue weighted by molar-refractivity contribution is 6.41. The summed E-state index contributed by atoms with van der Waals surface area (Å²) in [5.41, 5.74) is 0.766. The van der Waals surface area contributed by atoms with Gasteiger partial charge < -0.3 is 24.8 Å². The smallest absolute Gasteiger partial charge is 0.243 e. The number of carbonyl (C=O) groups is 1. The first kappa shape index (κ1) is 25.0. The lowest BCUT2D eigenvalue weighted by Crippen LogP contribution is -2.52. The summed E-state index contributed by atoms with van der Waals surface area (Å²) in [5, 5.41) is 6.54. The Morgan fingerprint density at radius 1 is 1.23 bits per heavy atom. The van der Waals surface area contributed by atoms with Crippen LogP contribution in [0.4, 0.5) is 10.3 Å². The molecular formula is C24H23Cl2FN4O4. The minimum Gasteiger partial charge on any atom is -0.495 e. The number of amides is 1. The van der Waals surface area contributed by atoms with Gasteiger partial charge in [0.15, 0.2) is 0 Å². The minimum absolute atomic E-state index is 0.153. The molecule has 1 saturated heterocycles. The number of carbonyl (C=O) groups excluding carboxylic acids is 1. The number of methoxy groups -OCH3 is 2. The minimum atomic E-state index is -0.592. The fraction of sp³-hybridized carbons (Fsp3) is 0.292. The van der Waals surface area contributed by atoms with Crippen LogP contribution < -0.4 is 20.1 Å². The van der Waals surface area contributed by atoms with Crippen LogP contribution in [0.3, 0.4) is 0 Å². The van der Waals surface area contributed by atoms with Gasteiger partial charge in [0, 0.05) is 30.0 Å². The number of anilines is 1. The second kappa shape index (κ2) is 10.6. The summed E-state index contributed by atoms with van der Waals surface area (Å²) in [6.45, 7) is 4.36. The molecule has 8 nitrogen and oxygen atoms in total. The summed E-state index contributed by atoms with van der Waals surface area (Å²) in [6.07, 6.45) is 3.22. The maximum absolute atomic E-state index is 15.6. The monoisotopic (exact) mass is 520 g/mol. The highest BCUT2D eigenvalue weighted by Crippen LogP contribution is 2.47. The quantitative estimate of drug-likeness (QED) is 0.438. The Hall–Kier alpha value is -3.14. The number of hydrogen-bond acceptors (Lipinski definition) is 7. The van der Waals surface area contributed by atoms with Gasteiger partial charge in [-0.25, -0.2) is 14.4 Å². The molecule has 1 aliphatic rings. The number of nitrogens with zero attached hydrogens (tertiary/aromatic N) is 2. The molecule has 1 fully saturated rings. The zero-order valence-electron chi connectivity index (χ0n) is 19.0. The third kappa shape index (κ3) is 4.98. The van der Waals surface area contributed by atoms with E-state index in [0.717, 1.165) is 0 Å². The molecule has 1 amide bonds. The highest BCUT2D eigenvalue weighted by Gasteiger charge is 2.28. The molecule has 35 heavy (non-hydrogen) atoms. The molecule has 2 aromatic carbocycles. The third-order valence-corrected chi connectivity index (χ3v) is 6.48. The van der Waals surface area contributed by atoms with E-state index < -0.39 is 5.82 Å². The van der Waals surface area contributed by atoms with Gasteiger partial charge in [-0.2, -0.15) is 0 Å². The van der Waals surface area contributed by atoms with Crippen LogP contribution in [0.1, 0.15) is 6.42 Å². The zero-order chi connectivity index (χ0) is 25.1. The average Bonchev–Trinajstić information content (AvgIpc) is 2.86. The Kier molecular flexibility index (Phi) is 7.59. The van der Waals surface area contributed by atoms with Crippen molar-refractivity contribution in [2.24, 2.45) is 0 Å². The summed E-state index contributed by atoms with van der Waals surface area (Å²) in [5.74, 6) is 0.00337. The lowest BCUT2D eigenvalue weighted by atomic mass is 10.0. The zero-order valence-corrected chi connectivity index (χ0v) is 20.5. The van der Waals surface area contributed by atoms with E-state index in [0.29, 0.717) is 36.7 Å². The van der Waals surface area contributed by atoms with Crippen LogP contribution in [0.5, 0.6) is 11.5 Å². The Morgan fingerprint density at radius 3 is 2.60 bits per heavy atom. The number of halogens is 3. The van der Waals surface area contributed by atoms with Gasteiger partial charge in [0.25, 0.3) is 0 Å². The van der Waals surface area contributed by atoms with E-state index in [1.807, 2.05) is 0 Å². The van der Waals surface area contributed by atoms with Crippen LogP contribution in [0.25, 0.3) is 22.0 Å². The molecule has 11 heteroatoms. The normalized spacial score (nSPS) is 17.6. The van der Waals surface area contributed by atoms with Crippen molar-refractivity contribution < 1.29 is 23.4 Å². The van der Waals surface area contributed by atoms with Crippen molar-refractivity contribution in [3.05, 3.63) is 52.9 Å². The van der Waals surface area contributed by atoms with Gasteiger partial charge in [-0.3, -0.25) is 4.79 Å². The molecule has 0 aliphatic carbocycles. The number of nitrogens with one attached hydrogen (secondary N) is 2. The second-order valence-corrected chi connectivity index (χ2v) is 8.53. The third-order valence-electron chi connectivity index (χ3n) is 5.73. The van der Waals surface area contributed by atoms with Gasteiger partial charge in [-0.1, -0.05) is 29.8 Å². The second-order valence-electron chi connectivity index (χ2n) is 7.77. The summed E-state index contributed by atoms with van der Waals surface area (Å²) in [4.78, 5) is 20.5. The molecule has 0 radical (unpaired) electrons. The molecule has 2 heterocycles. The largest absolute Gasteiger partial charge is 0.495 e. The predicted octanol–water partition coefficient (Wildman–Crippen LogP) is 4.63. The average molecular weight is 521 g/mol. The lowest BCUT2D eigenvalue weighted by Gasteiger charge is -2.32. The summed E-state index contributed by atoms with van der Waals surface area (Å²) < 4.78 is 31.8. The molecule has 184 valence electrons. The van der Waals surface area contributed by atoms with Crippen LogP contribution in [-0.2, 0) is 9.53 Å². The number of ether oxygens (including phenoxy) is 3. The van der Waals surface area contributed by atoms with E-state index in [1.54, 1.807) is 6.07 Å². The van der Waals surface area contributed by atoms with E-state index in [-0.39, 0.29) is 50.5 Å². The Balaban J connectivity index is 1.69. The SMILES string of the molecule is C=CC(=O)NC1CCOCC1Nc1ncc2c(F)c(-c3c(Cl)c(OC)cc(OC)c3Cl)ccc2n1. The summed E-state index contributed by atoms with van der Waals surface area (Å²) >= 11 is 12.9. The number of rotatable bonds is 7. The maximum atomic E-state index is 15.6. The first-order chi connectivity index (χ1) is 16.9. The molecule has 2 unspecified atom stereocenters. The number of fused-ring (bicyclic) bond motifs is 1. The van der Waals surface area contributed by atoms with Crippen molar-refractivity contribution in [2.45, 2.75) is 18.5 Å². The lowest BCUT2D eigenvalue weighted by molar-refractivity contribution is -0.117. The van der Waals surface area contributed by atoms with Crippen molar-refractivity contribution >= 4 is 46.0 Å². The van der Waals surface area contributed by atoms with E-state index in [2.05, 4.69) is 27.2 Å². The molecule has 2 N–H and O–H groups in total. The Labute approximate surface area is 211 Å². The van der Waals surface area contributed by atoms with Gasteiger partial charge in [0.05, 0.1) is 53.9 Å². The van der Waals surface area contributed by atoms with Gasteiger partial charge in [-0.05, 0) is 24.6 Å². The van der Waals surface area contributed by atoms with Crippen molar-refractivity contribution in [3.63, 3.8) is 0 Å². The molecule has 0 saturated carbocycles. The fourth-order valence-electron chi connectivity index (χ4n) is 3.92. The van der Waals surface area contributed by atoms with E-state index in [1.165, 1.54) is 38.6 Å². The Bertz CT molecular complexity index is 1260. The van der Waals surface area contributed by atoms with Gasteiger partial charge in [-0.15, -0.1) is 0 Å². The molecule has 2 atom stereocenters.